The van der Waals surface area contributed by atoms with E-state index < -0.39 is 0 Å². The van der Waals surface area contributed by atoms with E-state index in [1.165, 1.54) is 0 Å². The van der Waals surface area contributed by atoms with Gasteiger partial charge in [0.15, 0.2) is 5.09 Å². The molecule has 5 heteroatoms. The van der Waals surface area contributed by atoms with Crippen LogP contribution >= 0.6 is 23.4 Å². The van der Waals surface area contributed by atoms with Gasteiger partial charge in [0.25, 0.3) is 0 Å². The molecule has 0 bridgehead atoms. The maximum Gasteiger partial charge on any atom is 0.165 e. The van der Waals surface area contributed by atoms with Gasteiger partial charge in [0.1, 0.15) is 5.76 Å². The number of halogens is 1. The van der Waals surface area contributed by atoms with Crippen LogP contribution in [0.15, 0.2) is 50.8 Å². The molecule has 1 aromatic carbocycles. The number of furan rings is 1. The minimum absolute atomic E-state index is 0.0712. The van der Waals surface area contributed by atoms with E-state index in [1.54, 1.807) is 11.8 Å². The molecule has 3 nitrogen and oxygen atoms in total. The van der Waals surface area contributed by atoms with Gasteiger partial charge in [0.2, 0.25) is 0 Å². The van der Waals surface area contributed by atoms with Gasteiger partial charge in [-0.1, -0.05) is 23.4 Å². The van der Waals surface area contributed by atoms with Gasteiger partial charge in [0, 0.05) is 23.0 Å². The van der Waals surface area contributed by atoms with Crippen molar-refractivity contribution in [3.05, 3.63) is 47.2 Å². The van der Waals surface area contributed by atoms with Crippen molar-refractivity contribution in [3.8, 4) is 0 Å². The quantitative estimate of drug-likeness (QED) is 0.893. The lowest BCUT2D eigenvalue weighted by molar-refractivity contribution is 0.159. The summed E-state index contributed by atoms with van der Waals surface area (Å²) in [7, 11) is 0. The maximum atomic E-state index is 9.72. The topological polar surface area (TPSA) is 36.6 Å². The van der Waals surface area contributed by atoms with Crippen molar-refractivity contribution in [3.63, 3.8) is 0 Å². The average Bonchev–Trinajstić information content (AvgIpc) is 3.17. The maximum absolute atomic E-state index is 9.72. The summed E-state index contributed by atoms with van der Waals surface area (Å²) in [4.78, 5) is 3.58. The van der Waals surface area contributed by atoms with Crippen LogP contribution in [0.2, 0.25) is 5.02 Å². The summed E-state index contributed by atoms with van der Waals surface area (Å²) in [5.41, 5.74) is 0. The molecule has 0 spiro atoms. The standard InChI is InChI=1S/C18H20ClNO2S/c19-14-1-4-17(5-2-14)23-18-6-3-16(22-18)11-20-9-12-7-15(21)8-13(12)10-20/h1-6,12-13,15,21H,7-11H2/t12-,13+,15?. The molecule has 2 fully saturated rings. The highest BCUT2D eigenvalue weighted by Crippen LogP contribution is 2.39. The molecule has 1 saturated carbocycles. The van der Waals surface area contributed by atoms with Crippen LogP contribution in [0.1, 0.15) is 18.6 Å². The first-order chi connectivity index (χ1) is 11.2. The number of benzene rings is 1. The van der Waals surface area contributed by atoms with Crippen LogP contribution in [0.5, 0.6) is 0 Å². The van der Waals surface area contributed by atoms with E-state index in [0.29, 0.717) is 11.8 Å². The second-order valence-corrected chi connectivity index (χ2v) is 8.13. The Morgan fingerprint density at radius 3 is 2.48 bits per heavy atom. The number of aliphatic hydroxyl groups excluding tert-OH is 1. The molecule has 122 valence electrons. The molecule has 1 N–H and O–H groups in total. The van der Waals surface area contributed by atoms with Gasteiger partial charge in [-0.3, -0.25) is 4.90 Å². The summed E-state index contributed by atoms with van der Waals surface area (Å²) >= 11 is 7.52. The molecule has 0 amide bonds. The molecule has 1 aromatic heterocycles. The molecule has 3 atom stereocenters. The first kappa shape index (κ1) is 15.6. The van der Waals surface area contributed by atoms with E-state index in [4.69, 9.17) is 16.0 Å². The fourth-order valence-corrected chi connectivity index (χ4v) is 4.75. The van der Waals surface area contributed by atoms with Gasteiger partial charge in [-0.05, 0) is 61.1 Å². The summed E-state index contributed by atoms with van der Waals surface area (Å²) in [5.74, 6) is 2.35. The lowest BCUT2D eigenvalue weighted by Crippen LogP contribution is -2.22. The van der Waals surface area contributed by atoms with Crippen molar-refractivity contribution >= 4 is 23.4 Å². The fraction of sp³-hybridized carbons (Fsp3) is 0.444. The number of fused-ring (bicyclic) bond motifs is 1. The zero-order valence-electron chi connectivity index (χ0n) is 12.8. The van der Waals surface area contributed by atoms with Crippen LogP contribution in [0.4, 0.5) is 0 Å². The zero-order valence-corrected chi connectivity index (χ0v) is 14.4. The third kappa shape index (κ3) is 3.61. The summed E-state index contributed by atoms with van der Waals surface area (Å²) in [5, 5.41) is 11.4. The van der Waals surface area contributed by atoms with Crippen LogP contribution < -0.4 is 0 Å². The normalized spacial score (nSPS) is 27.5. The third-order valence-electron chi connectivity index (χ3n) is 4.85. The Morgan fingerprint density at radius 1 is 1.09 bits per heavy atom. The average molecular weight is 350 g/mol. The van der Waals surface area contributed by atoms with Gasteiger partial charge in [-0.15, -0.1) is 0 Å². The van der Waals surface area contributed by atoms with Crippen molar-refractivity contribution in [1.29, 1.82) is 0 Å². The SMILES string of the molecule is OC1C[C@@H]2CN(Cc3ccc(Sc4ccc(Cl)cc4)o3)C[C@@H]2C1. The summed E-state index contributed by atoms with van der Waals surface area (Å²) in [6, 6.07) is 11.9. The highest BCUT2D eigenvalue weighted by atomic mass is 35.5. The van der Waals surface area contributed by atoms with Crippen LogP contribution in [-0.2, 0) is 6.54 Å². The Kier molecular flexibility index (Phi) is 4.41. The Hall–Kier alpha value is -0.940. The summed E-state index contributed by atoms with van der Waals surface area (Å²) in [6.07, 6.45) is 1.87. The van der Waals surface area contributed by atoms with Crippen molar-refractivity contribution < 1.29 is 9.52 Å². The largest absolute Gasteiger partial charge is 0.453 e. The number of aliphatic hydroxyl groups is 1. The van der Waals surface area contributed by atoms with E-state index in [9.17, 15) is 5.11 Å². The second kappa shape index (κ2) is 6.52. The molecule has 1 unspecified atom stereocenters. The van der Waals surface area contributed by atoms with Crippen LogP contribution in [-0.4, -0.2) is 29.2 Å². The molecule has 2 heterocycles. The summed E-state index contributed by atoms with van der Waals surface area (Å²) < 4.78 is 5.96. The Labute approximate surface area is 145 Å². The molecular weight excluding hydrogens is 330 g/mol. The fourth-order valence-electron chi connectivity index (χ4n) is 3.83. The summed E-state index contributed by atoms with van der Waals surface area (Å²) in [6.45, 7) is 3.04. The molecule has 0 radical (unpaired) electrons. The van der Waals surface area contributed by atoms with E-state index in [-0.39, 0.29) is 6.10 Å². The highest BCUT2D eigenvalue weighted by Gasteiger charge is 2.40. The molecule has 1 aliphatic heterocycles. The third-order valence-corrected chi connectivity index (χ3v) is 6.03. The molecule has 23 heavy (non-hydrogen) atoms. The molecular formula is C18H20ClNO2S. The second-order valence-electron chi connectivity index (χ2n) is 6.62. The predicted molar refractivity (Wildman–Crippen MR) is 91.8 cm³/mol. The zero-order chi connectivity index (χ0) is 15.8. The number of rotatable bonds is 4. The van der Waals surface area contributed by atoms with Gasteiger partial charge in [-0.25, -0.2) is 0 Å². The monoisotopic (exact) mass is 349 g/mol. The van der Waals surface area contributed by atoms with Gasteiger partial charge < -0.3 is 9.52 Å². The van der Waals surface area contributed by atoms with Crippen LogP contribution in [0.3, 0.4) is 0 Å². The van der Waals surface area contributed by atoms with Gasteiger partial charge >= 0.3 is 0 Å². The molecule has 2 aliphatic rings. The molecule has 4 rings (SSSR count). The highest BCUT2D eigenvalue weighted by molar-refractivity contribution is 7.99. The minimum Gasteiger partial charge on any atom is -0.453 e. The van der Waals surface area contributed by atoms with Gasteiger partial charge in [-0.2, -0.15) is 0 Å². The minimum atomic E-state index is -0.0712. The molecule has 2 aromatic rings. The Bertz CT molecular complexity index is 658. The molecule has 1 aliphatic carbocycles. The van der Waals surface area contributed by atoms with Crippen LogP contribution in [0.25, 0.3) is 0 Å². The lowest BCUT2D eigenvalue weighted by atomic mass is 10.0. The van der Waals surface area contributed by atoms with Crippen molar-refractivity contribution in [2.24, 2.45) is 11.8 Å². The van der Waals surface area contributed by atoms with Gasteiger partial charge in [0.05, 0.1) is 12.6 Å². The first-order valence-corrected chi connectivity index (χ1v) is 9.28. The van der Waals surface area contributed by atoms with E-state index in [1.807, 2.05) is 30.3 Å². The smallest absolute Gasteiger partial charge is 0.165 e. The van der Waals surface area contributed by atoms with Crippen LogP contribution in [0, 0.1) is 11.8 Å². The Morgan fingerprint density at radius 2 is 1.78 bits per heavy atom. The van der Waals surface area contributed by atoms with Crippen molar-refractivity contribution in [1.82, 2.24) is 4.90 Å². The number of hydrogen-bond acceptors (Lipinski definition) is 4. The molecule has 1 saturated heterocycles. The predicted octanol–water partition coefficient (Wildman–Crippen LogP) is 4.29. The number of hydrogen-bond donors (Lipinski definition) is 1. The number of likely N-dealkylation sites (tertiary alicyclic amines) is 1. The van der Waals surface area contributed by atoms with Crippen molar-refractivity contribution in [2.75, 3.05) is 13.1 Å². The van der Waals surface area contributed by atoms with E-state index >= 15 is 0 Å². The van der Waals surface area contributed by atoms with Crippen molar-refractivity contribution in [2.45, 2.75) is 35.5 Å². The first-order valence-electron chi connectivity index (χ1n) is 8.08. The lowest BCUT2D eigenvalue weighted by Gasteiger charge is -2.15. The van der Waals surface area contributed by atoms with E-state index in [0.717, 1.165) is 53.2 Å². The van der Waals surface area contributed by atoms with E-state index in [2.05, 4.69) is 11.0 Å². The number of nitrogens with zero attached hydrogens (tertiary/aromatic N) is 1. The Balaban J connectivity index is 1.34.